The molecule has 2 aromatic carbocycles. The first-order valence-electron chi connectivity index (χ1n) is 9.50. The van der Waals surface area contributed by atoms with Gasteiger partial charge in [-0.2, -0.15) is 0 Å². The SMILES string of the molecule is CCCNCC(C)C(O)(c1ccccc1)c1ccccc1.O=C(O)C=CC(=O)O. The minimum Gasteiger partial charge on any atom is -0.478 e. The fraction of sp³-hybridized carbons (Fsp3) is 0.304. The van der Waals surface area contributed by atoms with Crippen LogP contribution >= 0.6 is 0 Å². The van der Waals surface area contributed by atoms with E-state index in [-0.39, 0.29) is 5.92 Å². The Balaban J connectivity index is 0.000000447. The number of hydrogen-bond acceptors (Lipinski definition) is 4. The Bertz CT molecular complexity index is 719. The van der Waals surface area contributed by atoms with Gasteiger partial charge in [0.15, 0.2) is 0 Å². The third kappa shape index (κ3) is 7.89. The summed E-state index contributed by atoms with van der Waals surface area (Å²) in [5, 5.41) is 30.5. The van der Waals surface area contributed by atoms with Crippen molar-refractivity contribution in [1.82, 2.24) is 5.32 Å². The van der Waals surface area contributed by atoms with Gasteiger partial charge >= 0.3 is 11.9 Å². The van der Waals surface area contributed by atoms with Gasteiger partial charge in [-0.25, -0.2) is 9.59 Å². The number of carbonyl (C=O) groups is 2. The van der Waals surface area contributed by atoms with Crippen LogP contribution in [0.5, 0.6) is 0 Å². The summed E-state index contributed by atoms with van der Waals surface area (Å²) in [6.45, 7) is 6.01. The molecule has 0 aromatic heterocycles. The summed E-state index contributed by atoms with van der Waals surface area (Å²) in [5.74, 6) is -2.44. The lowest BCUT2D eigenvalue weighted by atomic mass is 9.77. The molecule has 0 aliphatic heterocycles. The van der Waals surface area contributed by atoms with Crippen LogP contribution in [-0.2, 0) is 15.2 Å². The largest absolute Gasteiger partial charge is 0.478 e. The third-order valence-corrected chi connectivity index (χ3v) is 4.39. The van der Waals surface area contributed by atoms with Crippen molar-refractivity contribution >= 4 is 11.9 Å². The summed E-state index contributed by atoms with van der Waals surface area (Å²) in [7, 11) is 0. The van der Waals surface area contributed by atoms with Gasteiger partial charge in [0.1, 0.15) is 5.60 Å². The highest BCUT2D eigenvalue weighted by atomic mass is 16.4. The number of aliphatic hydroxyl groups is 1. The van der Waals surface area contributed by atoms with Crippen molar-refractivity contribution in [3.05, 3.63) is 83.9 Å². The summed E-state index contributed by atoms with van der Waals surface area (Å²) in [5.41, 5.74) is 0.924. The Kier molecular flexibility index (Phi) is 10.4. The van der Waals surface area contributed by atoms with Crippen LogP contribution in [0.4, 0.5) is 0 Å². The van der Waals surface area contributed by atoms with Gasteiger partial charge in [0.25, 0.3) is 0 Å². The van der Waals surface area contributed by atoms with Gasteiger partial charge in [-0.3, -0.25) is 0 Å². The van der Waals surface area contributed by atoms with Crippen molar-refractivity contribution in [2.75, 3.05) is 13.1 Å². The highest BCUT2D eigenvalue weighted by molar-refractivity contribution is 5.89. The van der Waals surface area contributed by atoms with Crippen LogP contribution in [0.15, 0.2) is 72.8 Å². The van der Waals surface area contributed by atoms with E-state index in [2.05, 4.69) is 19.2 Å². The highest BCUT2D eigenvalue weighted by Gasteiger charge is 2.37. The fourth-order valence-electron chi connectivity index (χ4n) is 2.91. The topological polar surface area (TPSA) is 107 Å². The fourth-order valence-corrected chi connectivity index (χ4v) is 2.91. The predicted molar refractivity (Wildman–Crippen MR) is 113 cm³/mol. The monoisotopic (exact) mass is 399 g/mol. The molecule has 6 nitrogen and oxygen atoms in total. The molecule has 0 bridgehead atoms. The van der Waals surface area contributed by atoms with Gasteiger partial charge < -0.3 is 20.6 Å². The molecule has 4 N–H and O–H groups in total. The van der Waals surface area contributed by atoms with E-state index in [1.54, 1.807) is 0 Å². The molecule has 0 amide bonds. The van der Waals surface area contributed by atoms with E-state index in [0.717, 1.165) is 30.6 Å². The molecule has 0 aliphatic rings. The Labute approximate surface area is 171 Å². The molecular formula is C23H29NO5. The second-order valence-corrected chi connectivity index (χ2v) is 6.61. The Morgan fingerprint density at radius 1 is 0.931 bits per heavy atom. The van der Waals surface area contributed by atoms with Gasteiger partial charge in [0.2, 0.25) is 0 Å². The van der Waals surface area contributed by atoms with E-state index in [1.165, 1.54) is 0 Å². The van der Waals surface area contributed by atoms with Gasteiger partial charge in [-0.1, -0.05) is 74.5 Å². The van der Waals surface area contributed by atoms with E-state index in [4.69, 9.17) is 10.2 Å². The summed E-state index contributed by atoms with van der Waals surface area (Å²) in [4.78, 5) is 19.1. The van der Waals surface area contributed by atoms with Gasteiger partial charge in [0.05, 0.1) is 0 Å². The number of carboxylic acid groups (broad SMARTS) is 2. The highest BCUT2D eigenvalue weighted by Crippen LogP contribution is 2.36. The van der Waals surface area contributed by atoms with Gasteiger partial charge in [-0.05, 0) is 24.1 Å². The zero-order valence-corrected chi connectivity index (χ0v) is 16.8. The first-order chi connectivity index (χ1) is 13.8. The summed E-state index contributed by atoms with van der Waals surface area (Å²) >= 11 is 0. The van der Waals surface area contributed by atoms with Crippen LogP contribution in [0.2, 0.25) is 0 Å². The predicted octanol–water partition coefficient (Wildman–Crippen LogP) is 3.27. The number of aliphatic carboxylic acids is 2. The summed E-state index contributed by atoms with van der Waals surface area (Å²) in [6.07, 6.45) is 2.21. The molecule has 0 radical (unpaired) electrons. The molecule has 0 spiro atoms. The van der Waals surface area contributed by atoms with E-state index in [9.17, 15) is 14.7 Å². The zero-order chi connectivity index (χ0) is 21.7. The second kappa shape index (κ2) is 12.5. The average molecular weight is 399 g/mol. The van der Waals surface area contributed by atoms with Crippen molar-refractivity contribution in [2.45, 2.75) is 25.9 Å². The van der Waals surface area contributed by atoms with Crippen LogP contribution in [0.3, 0.4) is 0 Å². The first-order valence-corrected chi connectivity index (χ1v) is 9.50. The molecule has 0 saturated carbocycles. The Hall–Kier alpha value is -2.96. The number of carboxylic acids is 2. The second-order valence-electron chi connectivity index (χ2n) is 6.61. The van der Waals surface area contributed by atoms with Gasteiger partial charge in [0, 0.05) is 24.6 Å². The first kappa shape index (κ1) is 24.1. The van der Waals surface area contributed by atoms with Crippen LogP contribution in [0.25, 0.3) is 0 Å². The Morgan fingerprint density at radius 3 is 1.69 bits per heavy atom. The summed E-state index contributed by atoms with van der Waals surface area (Å²) in [6, 6.07) is 19.9. The molecule has 0 aliphatic carbocycles. The molecule has 156 valence electrons. The number of rotatable bonds is 9. The number of nitrogens with one attached hydrogen (secondary N) is 1. The van der Waals surface area contributed by atoms with Gasteiger partial charge in [-0.15, -0.1) is 0 Å². The van der Waals surface area contributed by atoms with E-state index >= 15 is 0 Å². The quantitative estimate of drug-likeness (QED) is 0.381. The van der Waals surface area contributed by atoms with Crippen molar-refractivity contribution in [2.24, 2.45) is 5.92 Å². The molecule has 29 heavy (non-hydrogen) atoms. The van der Waals surface area contributed by atoms with Crippen LogP contribution in [-0.4, -0.2) is 40.3 Å². The van der Waals surface area contributed by atoms with E-state index < -0.39 is 17.5 Å². The summed E-state index contributed by atoms with van der Waals surface area (Å²) < 4.78 is 0. The van der Waals surface area contributed by atoms with Crippen LogP contribution in [0.1, 0.15) is 31.4 Å². The minimum absolute atomic E-state index is 0.0776. The zero-order valence-electron chi connectivity index (χ0n) is 16.8. The standard InChI is InChI=1S/C19H25NO.C4H4O4/c1-3-14-20-15-16(2)19(21,17-10-6-4-7-11-17)18-12-8-5-9-13-18;5-3(6)1-2-4(7)8/h4-13,16,20-21H,3,14-15H2,1-2H3;1-2H,(H,5,6)(H,7,8). The molecule has 0 fully saturated rings. The third-order valence-electron chi connectivity index (χ3n) is 4.39. The number of benzene rings is 2. The van der Waals surface area contributed by atoms with Crippen LogP contribution in [0, 0.1) is 5.92 Å². The average Bonchev–Trinajstić information content (AvgIpc) is 2.73. The normalized spacial score (nSPS) is 12.1. The molecule has 6 heteroatoms. The molecular weight excluding hydrogens is 370 g/mol. The molecule has 0 saturated heterocycles. The van der Waals surface area contributed by atoms with Crippen molar-refractivity contribution in [1.29, 1.82) is 0 Å². The molecule has 1 atom stereocenters. The molecule has 0 heterocycles. The lowest BCUT2D eigenvalue weighted by Crippen LogP contribution is -2.40. The minimum atomic E-state index is -1.26. The lowest BCUT2D eigenvalue weighted by molar-refractivity contribution is -0.134. The lowest BCUT2D eigenvalue weighted by Gasteiger charge is -2.35. The smallest absolute Gasteiger partial charge is 0.328 e. The van der Waals surface area contributed by atoms with E-state index in [0.29, 0.717) is 12.2 Å². The maximum Gasteiger partial charge on any atom is 0.328 e. The molecule has 2 aromatic rings. The molecule has 2 rings (SSSR count). The maximum absolute atomic E-state index is 11.5. The Morgan fingerprint density at radius 2 is 1.34 bits per heavy atom. The molecule has 1 unspecified atom stereocenters. The van der Waals surface area contributed by atoms with Crippen molar-refractivity contribution in [3.8, 4) is 0 Å². The maximum atomic E-state index is 11.5. The number of hydrogen-bond donors (Lipinski definition) is 4. The van der Waals surface area contributed by atoms with Crippen molar-refractivity contribution in [3.63, 3.8) is 0 Å². The van der Waals surface area contributed by atoms with Crippen molar-refractivity contribution < 1.29 is 24.9 Å². The van der Waals surface area contributed by atoms with Crippen LogP contribution < -0.4 is 5.32 Å². The van der Waals surface area contributed by atoms with E-state index in [1.807, 2.05) is 60.7 Å².